The molecule has 0 aromatic heterocycles. The molecule has 0 atom stereocenters. The van der Waals surface area contributed by atoms with Gasteiger partial charge >= 0.3 is 0 Å². The standard InChI is InChI=1S/C29H33N3O5S/c1-4-31-27(34)23(28(35)32(5-2)29(31)38)17-21-11-14-24(25(18-21)36-3)37-19-20-9-12-22(13-10-20)26(33)30-15-7-6-8-16-30/h9-14,17-18H,4-8,15-16,19H2,1-3H3. The quantitative estimate of drug-likeness (QED) is 0.285. The van der Waals surface area contributed by atoms with Gasteiger partial charge in [0, 0.05) is 31.7 Å². The summed E-state index contributed by atoms with van der Waals surface area (Å²) in [6, 6.07) is 12.7. The van der Waals surface area contributed by atoms with Crippen LogP contribution in [0.5, 0.6) is 11.5 Å². The number of rotatable bonds is 8. The molecule has 2 aromatic rings. The second-order valence-corrected chi connectivity index (χ2v) is 9.55. The Morgan fingerprint density at radius 2 is 1.55 bits per heavy atom. The van der Waals surface area contributed by atoms with E-state index < -0.39 is 11.8 Å². The number of hydrogen-bond donors (Lipinski definition) is 0. The molecule has 2 saturated heterocycles. The molecule has 2 fully saturated rings. The van der Waals surface area contributed by atoms with Gasteiger partial charge in [0.25, 0.3) is 17.7 Å². The number of benzene rings is 2. The first-order valence-corrected chi connectivity index (χ1v) is 13.4. The summed E-state index contributed by atoms with van der Waals surface area (Å²) in [5.41, 5.74) is 2.28. The summed E-state index contributed by atoms with van der Waals surface area (Å²) < 4.78 is 11.5. The normalized spacial score (nSPS) is 16.1. The monoisotopic (exact) mass is 535 g/mol. The van der Waals surface area contributed by atoms with Crippen LogP contribution in [0.4, 0.5) is 0 Å². The maximum absolute atomic E-state index is 12.9. The van der Waals surface area contributed by atoms with E-state index in [1.165, 1.54) is 23.3 Å². The van der Waals surface area contributed by atoms with Crippen molar-refractivity contribution in [3.63, 3.8) is 0 Å². The van der Waals surface area contributed by atoms with Crippen molar-refractivity contribution >= 4 is 41.1 Å². The highest BCUT2D eigenvalue weighted by Gasteiger charge is 2.37. The molecular formula is C29H33N3O5S. The van der Waals surface area contributed by atoms with Crippen molar-refractivity contribution in [2.45, 2.75) is 39.7 Å². The molecule has 4 rings (SSSR count). The molecule has 0 saturated carbocycles. The van der Waals surface area contributed by atoms with E-state index in [0.29, 0.717) is 42.3 Å². The van der Waals surface area contributed by atoms with Gasteiger partial charge in [0.05, 0.1) is 7.11 Å². The molecule has 0 spiro atoms. The summed E-state index contributed by atoms with van der Waals surface area (Å²) in [6.45, 7) is 6.33. The number of piperidine rings is 1. The van der Waals surface area contributed by atoms with E-state index in [0.717, 1.165) is 31.5 Å². The van der Waals surface area contributed by atoms with E-state index in [4.69, 9.17) is 21.7 Å². The van der Waals surface area contributed by atoms with Crippen molar-refractivity contribution in [2.75, 3.05) is 33.3 Å². The molecule has 0 bridgehead atoms. The van der Waals surface area contributed by atoms with Crippen LogP contribution in [0, 0.1) is 0 Å². The van der Waals surface area contributed by atoms with Gasteiger partial charge in [-0.3, -0.25) is 24.2 Å². The van der Waals surface area contributed by atoms with Gasteiger partial charge in [0.1, 0.15) is 12.2 Å². The van der Waals surface area contributed by atoms with Gasteiger partial charge in [-0.15, -0.1) is 0 Å². The molecular weight excluding hydrogens is 502 g/mol. The molecule has 2 aliphatic heterocycles. The summed E-state index contributed by atoms with van der Waals surface area (Å²) in [7, 11) is 1.53. The number of likely N-dealkylation sites (N-methyl/N-ethyl adjacent to an activating group) is 2. The van der Waals surface area contributed by atoms with Gasteiger partial charge in [-0.05, 0) is 86.8 Å². The lowest BCUT2D eigenvalue weighted by Crippen LogP contribution is -2.55. The van der Waals surface area contributed by atoms with Crippen LogP contribution < -0.4 is 9.47 Å². The number of carbonyl (C=O) groups is 3. The van der Waals surface area contributed by atoms with Crippen LogP contribution in [-0.2, 0) is 16.2 Å². The number of hydrogen-bond acceptors (Lipinski definition) is 6. The van der Waals surface area contributed by atoms with E-state index in [9.17, 15) is 14.4 Å². The Hall–Kier alpha value is -3.72. The summed E-state index contributed by atoms with van der Waals surface area (Å²) in [5, 5.41) is 0.229. The van der Waals surface area contributed by atoms with Crippen LogP contribution in [0.2, 0.25) is 0 Å². The van der Waals surface area contributed by atoms with Crippen molar-refractivity contribution in [3.05, 3.63) is 64.7 Å². The second-order valence-electron chi connectivity index (χ2n) is 9.19. The molecule has 2 aliphatic rings. The van der Waals surface area contributed by atoms with Crippen LogP contribution in [0.25, 0.3) is 6.08 Å². The SMILES string of the molecule is CCN1C(=O)C(=Cc2ccc(OCc3ccc(C(=O)N4CCCCC4)cc3)c(OC)c2)C(=O)N(CC)C1=S. The third-order valence-corrected chi connectivity index (χ3v) is 7.22. The smallest absolute Gasteiger partial charge is 0.265 e. The topological polar surface area (TPSA) is 79.4 Å². The third kappa shape index (κ3) is 5.72. The number of likely N-dealkylation sites (tertiary alicyclic amines) is 1. The van der Waals surface area contributed by atoms with Crippen molar-refractivity contribution in [1.29, 1.82) is 0 Å². The largest absolute Gasteiger partial charge is 0.493 e. The van der Waals surface area contributed by atoms with Crippen LogP contribution in [0.1, 0.15) is 54.6 Å². The number of carbonyl (C=O) groups excluding carboxylic acids is 3. The summed E-state index contributed by atoms with van der Waals surface area (Å²) in [6.07, 6.45) is 4.86. The molecule has 0 unspecified atom stereocenters. The van der Waals surface area contributed by atoms with E-state index in [1.807, 2.05) is 43.0 Å². The highest BCUT2D eigenvalue weighted by Crippen LogP contribution is 2.30. The number of amides is 3. The molecule has 0 N–H and O–H groups in total. The Bertz CT molecular complexity index is 1220. The summed E-state index contributed by atoms with van der Waals surface area (Å²) in [4.78, 5) is 43.3. The highest BCUT2D eigenvalue weighted by atomic mass is 32.1. The Balaban J connectivity index is 1.46. The van der Waals surface area contributed by atoms with E-state index in [-0.39, 0.29) is 16.6 Å². The lowest BCUT2D eigenvalue weighted by Gasteiger charge is -2.35. The number of thiocarbonyl (C=S) groups is 1. The van der Waals surface area contributed by atoms with Crippen molar-refractivity contribution in [1.82, 2.24) is 14.7 Å². The van der Waals surface area contributed by atoms with Gasteiger partial charge in [0.2, 0.25) is 0 Å². The molecule has 8 nitrogen and oxygen atoms in total. The van der Waals surface area contributed by atoms with Crippen LogP contribution in [-0.4, -0.2) is 70.8 Å². The minimum absolute atomic E-state index is 0.0530. The molecule has 9 heteroatoms. The zero-order chi connectivity index (χ0) is 27.2. The highest BCUT2D eigenvalue weighted by molar-refractivity contribution is 7.80. The fourth-order valence-electron chi connectivity index (χ4n) is 4.63. The Morgan fingerprint density at radius 3 is 2.13 bits per heavy atom. The average Bonchev–Trinajstić information content (AvgIpc) is 2.95. The van der Waals surface area contributed by atoms with Crippen molar-refractivity contribution in [2.24, 2.45) is 0 Å². The van der Waals surface area contributed by atoms with Crippen LogP contribution in [0.3, 0.4) is 0 Å². The van der Waals surface area contributed by atoms with Gasteiger partial charge < -0.3 is 14.4 Å². The maximum atomic E-state index is 12.9. The van der Waals surface area contributed by atoms with Gasteiger partial charge in [0.15, 0.2) is 16.6 Å². The minimum atomic E-state index is -0.409. The van der Waals surface area contributed by atoms with E-state index in [1.54, 1.807) is 24.3 Å². The van der Waals surface area contributed by atoms with Crippen molar-refractivity contribution < 1.29 is 23.9 Å². The fourth-order valence-corrected chi connectivity index (χ4v) is 5.05. The van der Waals surface area contributed by atoms with Crippen molar-refractivity contribution in [3.8, 4) is 11.5 Å². The second kappa shape index (κ2) is 12.2. The first kappa shape index (κ1) is 27.3. The molecule has 2 aromatic carbocycles. The predicted octanol–water partition coefficient (Wildman–Crippen LogP) is 4.28. The van der Waals surface area contributed by atoms with Gasteiger partial charge in [-0.25, -0.2) is 0 Å². The van der Waals surface area contributed by atoms with Gasteiger partial charge in [-0.1, -0.05) is 18.2 Å². The number of ether oxygens (including phenoxy) is 2. The van der Waals surface area contributed by atoms with Crippen LogP contribution >= 0.6 is 12.2 Å². The first-order chi connectivity index (χ1) is 18.4. The lowest BCUT2D eigenvalue weighted by molar-refractivity contribution is -0.133. The minimum Gasteiger partial charge on any atom is -0.493 e. The predicted molar refractivity (Wildman–Crippen MR) is 149 cm³/mol. The number of methoxy groups -OCH3 is 1. The van der Waals surface area contributed by atoms with E-state index >= 15 is 0 Å². The maximum Gasteiger partial charge on any atom is 0.265 e. The Morgan fingerprint density at radius 1 is 0.921 bits per heavy atom. The summed E-state index contributed by atoms with van der Waals surface area (Å²) >= 11 is 5.32. The zero-order valence-corrected chi connectivity index (χ0v) is 22.9. The molecule has 200 valence electrons. The van der Waals surface area contributed by atoms with E-state index in [2.05, 4.69) is 0 Å². The molecule has 0 radical (unpaired) electrons. The molecule has 0 aliphatic carbocycles. The Labute approximate surface area is 228 Å². The van der Waals surface area contributed by atoms with Crippen LogP contribution in [0.15, 0.2) is 48.0 Å². The molecule has 3 amide bonds. The molecule has 2 heterocycles. The average molecular weight is 536 g/mol. The first-order valence-electron chi connectivity index (χ1n) is 13.0. The fraction of sp³-hybridized carbons (Fsp3) is 0.379. The Kier molecular flexibility index (Phi) is 8.78. The number of nitrogens with zero attached hydrogens (tertiary/aromatic N) is 3. The van der Waals surface area contributed by atoms with Gasteiger partial charge in [-0.2, -0.15) is 0 Å². The lowest BCUT2D eigenvalue weighted by atomic mass is 10.1. The third-order valence-electron chi connectivity index (χ3n) is 6.78. The molecule has 38 heavy (non-hydrogen) atoms. The zero-order valence-electron chi connectivity index (χ0n) is 22.1. The summed E-state index contributed by atoms with van der Waals surface area (Å²) in [5.74, 6) is 0.255.